The molecule has 0 amide bonds. The topological polar surface area (TPSA) is 34.8 Å². The minimum atomic E-state index is -0.303. The SMILES string of the molecule is Cc1cc(C)c(N2c3cc4c(cc3B3c5c2cc(-c2c(C)cccc2C)cc5-n2c5ccccc5c5cccc3c52)B2c3cc5c(cc3Oc3cc(-c6c(C)cccc6C)cc(c32)O4)N(c2ccccc2)c2cc(-c3c(C)cccc3C)cc3c2B5c2cccc4c5ccccc5n-3c24)c(C)c1. The van der Waals surface area contributed by atoms with Crippen LogP contribution in [0.25, 0.3) is 88.4 Å². The van der Waals surface area contributed by atoms with Gasteiger partial charge in [0.25, 0.3) is 20.1 Å². The molecule has 0 N–H and O–H groups in total. The third kappa shape index (κ3) is 7.62. The van der Waals surface area contributed by atoms with E-state index in [-0.39, 0.29) is 20.1 Å². The molecule has 0 radical (unpaired) electrons. The van der Waals surface area contributed by atoms with Crippen LogP contribution in [0.1, 0.15) is 50.1 Å². The Balaban J connectivity index is 0.857. The van der Waals surface area contributed by atoms with Gasteiger partial charge in [-0.25, -0.2) is 0 Å². The Kier molecular flexibility index (Phi) is 11.7. The van der Waals surface area contributed by atoms with E-state index in [1.807, 2.05) is 0 Å². The summed E-state index contributed by atoms with van der Waals surface area (Å²) in [4.78, 5) is 5.19. The molecular formula is C93H67B3N4O2. The molecule has 0 saturated carbocycles. The van der Waals surface area contributed by atoms with Crippen LogP contribution in [0.2, 0.25) is 0 Å². The molecule has 6 aliphatic heterocycles. The highest BCUT2D eigenvalue weighted by Gasteiger charge is 2.50. The summed E-state index contributed by atoms with van der Waals surface area (Å²) in [5, 5.41) is 5.03. The number of hydrogen-bond donors (Lipinski definition) is 0. The monoisotopic (exact) mass is 1300 g/mol. The Labute approximate surface area is 594 Å². The molecule has 480 valence electrons. The van der Waals surface area contributed by atoms with Crippen molar-refractivity contribution in [1.29, 1.82) is 0 Å². The highest BCUT2D eigenvalue weighted by molar-refractivity contribution is 7.04. The van der Waals surface area contributed by atoms with Crippen molar-refractivity contribution in [1.82, 2.24) is 9.13 Å². The van der Waals surface area contributed by atoms with Gasteiger partial charge in [-0.05, 0) is 245 Å². The number of anilines is 6. The Morgan fingerprint density at radius 1 is 0.265 bits per heavy atom. The molecule has 9 heteroatoms. The molecule has 22 rings (SSSR count). The summed E-state index contributed by atoms with van der Waals surface area (Å²) >= 11 is 0. The summed E-state index contributed by atoms with van der Waals surface area (Å²) in [6.07, 6.45) is 0. The summed E-state index contributed by atoms with van der Waals surface area (Å²) in [7, 11) is 0. The van der Waals surface area contributed by atoms with Crippen LogP contribution in [0.5, 0.6) is 23.0 Å². The maximum atomic E-state index is 7.83. The van der Waals surface area contributed by atoms with E-state index < -0.39 is 0 Å². The molecule has 0 spiro atoms. The molecule has 0 fully saturated rings. The lowest BCUT2D eigenvalue weighted by atomic mass is 9.29. The van der Waals surface area contributed by atoms with Crippen molar-refractivity contribution in [3.05, 3.63) is 293 Å². The van der Waals surface area contributed by atoms with Gasteiger partial charge >= 0.3 is 0 Å². The predicted octanol–water partition coefficient (Wildman–Crippen LogP) is 17.6. The first-order chi connectivity index (χ1) is 49.8. The lowest BCUT2D eigenvalue weighted by Gasteiger charge is -2.43. The van der Waals surface area contributed by atoms with Crippen molar-refractivity contribution >= 4 is 147 Å². The maximum Gasteiger partial charge on any atom is 0.260 e. The van der Waals surface area contributed by atoms with E-state index in [0.717, 1.165) is 62.0 Å². The summed E-state index contributed by atoms with van der Waals surface area (Å²) in [5.41, 5.74) is 43.5. The van der Waals surface area contributed by atoms with E-state index in [1.165, 1.54) is 183 Å². The standard InChI is InChI=1S/C93H67B3N4O2/c1-50-38-57(8)91(58(9)39-50)100-76-49-82-72(47-70(76)95-68-35-21-33-66-64-31-14-16-37-74(64)99(93(66)68)79-42-60(43-80(100)89(79)95)86-53(4)24-18-25-54(86)5)96-71-46-69-75(48-81(71)101-83-44-61(45-84(102-82)90(83)96)87-55(6)26-19-27-56(87)7)97(62-28-11-10-12-29-62)77-40-59(85-51(2)22-17-23-52(85)3)41-78-88(77)94(69)67-34-20-32-65-63-30-13-15-36-73(63)98(78)92(65)67/h10-49H,1-9H3. The van der Waals surface area contributed by atoms with E-state index >= 15 is 0 Å². The molecule has 0 aliphatic carbocycles. The van der Waals surface area contributed by atoms with Crippen LogP contribution in [0, 0.1) is 62.3 Å². The van der Waals surface area contributed by atoms with Crippen molar-refractivity contribution in [2.75, 3.05) is 9.80 Å². The van der Waals surface area contributed by atoms with E-state index in [1.54, 1.807) is 0 Å². The quantitative estimate of drug-likeness (QED) is 0.161. The zero-order chi connectivity index (χ0) is 68.1. The summed E-state index contributed by atoms with van der Waals surface area (Å²) in [5.74, 6) is 3.31. The first kappa shape index (κ1) is 57.9. The second kappa shape index (κ2) is 20.6. The molecule has 2 aromatic heterocycles. The van der Waals surface area contributed by atoms with Gasteiger partial charge in [-0.15, -0.1) is 0 Å². The first-order valence-electron chi connectivity index (χ1n) is 36.1. The summed E-state index contributed by atoms with van der Waals surface area (Å²) in [6, 6.07) is 92.8. The number of hydrogen-bond acceptors (Lipinski definition) is 4. The Bertz CT molecular complexity index is 6470. The Hall–Kier alpha value is -11.9. The van der Waals surface area contributed by atoms with E-state index in [0.29, 0.717) is 0 Å². The normalized spacial score (nSPS) is 13.6. The molecule has 0 saturated heterocycles. The minimum Gasteiger partial charge on any atom is -0.458 e. The van der Waals surface area contributed by atoms with Crippen LogP contribution in [0.3, 0.4) is 0 Å². The van der Waals surface area contributed by atoms with Gasteiger partial charge in [0.15, 0.2) is 0 Å². The van der Waals surface area contributed by atoms with Crippen molar-refractivity contribution in [2.45, 2.75) is 62.3 Å². The number of ether oxygens (including phenoxy) is 2. The van der Waals surface area contributed by atoms with Gasteiger partial charge in [0.1, 0.15) is 23.0 Å². The molecule has 6 nitrogen and oxygen atoms in total. The van der Waals surface area contributed by atoms with E-state index in [2.05, 4.69) is 324 Å². The van der Waals surface area contributed by atoms with Gasteiger partial charge in [-0.3, -0.25) is 0 Å². The molecular weight excluding hydrogens is 1240 g/mol. The van der Waals surface area contributed by atoms with Gasteiger partial charge in [-0.2, -0.15) is 0 Å². The van der Waals surface area contributed by atoms with Gasteiger partial charge in [0, 0.05) is 90.0 Å². The zero-order valence-electron chi connectivity index (χ0n) is 58.4. The lowest BCUT2D eigenvalue weighted by molar-refractivity contribution is 0.465. The lowest BCUT2D eigenvalue weighted by Crippen LogP contribution is -2.64. The molecule has 0 unspecified atom stereocenters. The molecule has 0 bridgehead atoms. The highest BCUT2D eigenvalue weighted by Crippen LogP contribution is 2.51. The van der Waals surface area contributed by atoms with Gasteiger partial charge < -0.3 is 28.4 Å². The molecule has 16 aromatic rings. The fraction of sp³-hybridized carbons (Fsp3) is 0.0968. The van der Waals surface area contributed by atoms with Crippen molar-refractivity contribution in [2.24, 2.45) is 0 Å². The van der Waals surface area contributed by atoms with Crippen LogP contribution in [0.4, 0.5) is 34.1 Å². The number of rotatable bonds is 5. The second-order valence-corrected chi connectivity index (χ2v) is 29.9. The molecule has 8 heterocycles. The molecule has 6 aliphatic rings. The largest absolute Gasteiger partial charge is 0.458 e. The van der Waals surface area contributed by atoms with Crippen LogP contribution >= 0.6 is 0 Å². The van der Waals surface area contributed by atoms with Crippen LogP contribution in [-0.4, -0.2) is 29.3 Å². The van der Waals surface area contributed by atoms with Crippen molar-refractivity contribution in [3.8, 4) is 67.8 Å². The molecule has 14 aromatic carbocycles. The maximum absolute atomic E-state index is 7.83. The summed E-state index contributed by atoms with van der Waals surface area (Å²) < 4.78 is 20.8. The molecule has 102 heavy (non-hydrogen) atoms. The van der Waals surface area contributed by atoms with Crippen LogP contribution < -0.4 is 68.4 Å². The van der Waals surface area contributed by atoms with Crippen LogP contribution in [0.15, 0.2) is 243 Å². The van der Waals surface area contributed by atoms with Crippen molar-refractivity contribution < 1.29 is 9.47 Å². The fourth-order valence-corrected chi connectivity index (χ4v) is 20.2. The van der Waals surface area contributed by atoms with Crippen molar-refractivity contribution in [3.63, 3.8) is 0 Å². The number of para-hydroxylation sites is 5. The van der Waals surface area contributed by atoms with E-state index in [4.69, 9.17) is 9.47 Å². The first-order valence-corrected chi connectivity index (χ1v) is 36.1. The average molecular weight is 1310 g/mol. The predicted molar refractivity (Wildman–Crippen MR) is 430 cm³/mol. The minimum absolute atomic E-state index is 0.148. The third-order valence-electron chi connectivity index (χ3n) is 23.9. The van der Waals surface area contributed by atoms with E-state index in [9.17, 15) is 0 Å². The van der Waals surface area contributed by atoms with Gasteiger partial charge in [0.2, 0.25) is 0 Å². The number of benzene rings is 14. The number of nitrogens with zero attached hydrogens (tertiary/aromatic N) is 4. The van der Waals surface area contributed by atoms with Gasteiger partial charge in [0.05, 0.1) is 16.7 Å². The fourth-order valence-electron chi connectivity index (χ4n) is 20.2. The number of aromatic nitrogens is 2. The zero-order valence-corrected chi connectivity index (χ0v) is 58.4. The Morgan fingerprint density at radius 2 is 0.647 bits per heavy atom. The number of aryl methyl sites for hydroxylation is 9. The Morgan fingerprint density at radius 3 is 1.12 bits per heavy atom. The highest BCUT2D eigenvalue weighted by atomic mass is 16.5. The summed E-state index contributed by atoms with van der Waals surface area (Å²) in [6.45, 7) is 19.7. The average Bonchev–Trinajstić information content (AvgIpc) is 1.24. The van der Waals surface area contributed by atoms with Gasteiger partial charge in [-0.1, -0.05) is 175 Å². The van der Waals surface area contributed by atoms with Crippen LogP contribution in [-0.2, 0) is 0 Å². The second-order valence-electron chi connectivity index (χ2n) is 29.9. The molecule has 0 atom stereocenters. The number of fused-ring (bicyclic) bond motifs is 18. The smallest absolute Gasteiger partial charge is 0.260 e. The third-order valence-corrected chi connectivity index (χ3v) is 23.9.